The van der Waals surface area contributed by atoms with Gasteiger partial charge < -0.3 is 20.0 Å². The molecule has 156 valence electrons. The molecule has 3 aromatic rings. The molecule has 2 N–H and O–H groups in total. The first-order valence-electron chi connectivity index (χ1n) is 9.86. The highest BCUT2D eigenvalue weighted by atomic mass is 19.1. The highest BCUT2D eigenvalue weighted by molar-refractivity contribution is 6.11. The summed E-state index contributed by atoms with van der Waals surface area (Å²) in [4.78, 5) is 39.8. The minimum Gasteiger partial charge on any atom is -0.459 e. The fourth-order valence-corrected chi connectivity index (χ4v) is 4.14. The van der Waals surface area contributed by atoms with Gasteiger partial charge in [0.25, 0.3) is 11.8 Å². The van der Waals surface area contributed by atoms with Crippen LogP contribution >= 0.6 is 0 Å². The third-order valence-electron chi connectivity index (χ3n) is 5.64. The third kappa shape index (κ3) is 3.35. The number of amides is 3. The van der Waals surface area contributed by atoms with E-state index in [1.807, 2.05) is 0 Å². The van der Waals surface area contributed by atoms with E-state index < -0.39 is 23.8 Å². The van der Waals surface area contributed by atoms with Gasteiger partial charge in [-0.15, -0.1) is 0 Å². The number of carbonyl (C=O) groups is 3. The molecule has 2 aliphatic rings. The maximum atomic E-state index is 14.2. The Morgan fingerprint density at radius 1 is 1.10 bits per heavy atom. The molecule has 2 aromatic carbocycles. The molecule has 3 amide bonds. The largest absolute Gasteiger partial charge is 0.459 e. The van der Waals surface area contributed by atoms with Crippen LogP contribution in [0, 0.1) is 5.82 Å². The molecule has 0 unspecified atom stereocenters. The average molecular weight is 419 g/mol. The number of nitrogens with zero attached hydrogens (tertiary/aromatic N) is 1. The molecule has 1 fully saturated rings. The highest BCUT2D eigenvalue weighted by Gasteiger charge is 2.43. The molecule has 31 heavy (non-hydrogen) atoms. The molecule has 3 heterocycles. The molecule has 0 aliphatic carbocycles. The van der Waals surface area contributed by atoms with Crippen LogP contribution in [-0.2, 0) is 4.79 Å². The van der Waals surface area contributed by atoms with Crippen molar-refractivity contribution >= 4 is 23.4 Å². The van der Waals surface area contributed by atoms with Gasteiger partial charge in [0.2, 0.25) is 5.91 Å². The Balaban J connectivity index is 1.43. The SMILES string of the molecule is O=C(N[C@H]1C[C@H]2C(=O)Nc3ccc(-c4ccccc4F)cc3C(=O)N2C1)c1ccco1. The average Bonchev–Trinajstić information content (AvgIpc) is 3.43. The predicted octanol–water partition coefficient (Wildman–Crippen LogP) is 3.05. The van der Waals surface area contributed by atoms with E-state index in [2.05, 4.69) is 10.6 Å². The summed E-state index contributed by atoms with van der Waals surface area (Å²) in [5.74, 6) is -1.29. The molecule has 2 atom stereocenters. The van der Waals surface area contributed by atoms with Crippen LogP contribution in [0.2, 0.25) is 0 Å². The number of fused-ring (bicyclic) bond motifs is 2. The lowest BCUT2D eigenvalue weighted by atomic mass is 10.0. The van der Waals surface area contributed by atoms with E-state index in [-0.39, 0.29) is 36.1 Å². The van der Waals surface area contributed by atoms with E-state index in [4.69, 9.17) is 4.42 Å². The van der Waals surface area contributed by atoms with Crippen molar-refractivity contribution in [3.63, 3.8) is 0 Å². The van der Waals surface area contributed by atoms with Crippen LogP contribution in [0.1, 0.15) is 27.3 Å². The highest BCUT2D eigenvalue weighted by Crippen LogP contribution is 2.33. The first kappa shape index (κ1) is 19.0. The Morgan fingerprint density at radius 3 is 2.71 bits per heavy atom. The summed E-state index contributed by atoms with van der Waals surface area (Å²) in [6.45, 7) is 0.187. The van der Waals surface area contributed by atoms with Crippen molar-refractivity contribution in [1.29, 1.82) is 0 Å². The summed E-state index contributed by atoms with van der Waals surface area (Å²) in [7, 11) is 0. The summed E-state index contributed by atoms with van der Waals surface area (Å²) >= 11 is 0. The van der Waals surface area contributed by atoms with Crippen LogP contribution in [-0.4, -0.2) is 41.2 Å². The number of hydrogen-bond donors (Lipinski definition) is 2. The monoisotopic (exact) mass is 419 g/mol. The zero-order valence-corrected chi connectivity index (χ0v) is 16.3. The lowest BCUT2D eigenvalue weighted by Gasteiger charge is -2.20. The maximum Gasteiger partial charge on any atom is 0.287 e. The molecular formula is C23H18FN3O4. The molecule has 7 nitrogen and oxygen atoms in total. The first-order chi connectivity index (χ1) is 15.0. The summed E-state index contributed by atoms with van der Waals surface area (Å²) in [5.41, 5.74) is 1.59. The van der Waals surface area contributed by atoms with E-state index in [9.17, 15) is 18.8 Å². The number of benzene rings is 2. The number of anilines is 1. The van der Waals surface area contributed by atoms with E-state index in [0.717, 1.165) is 0 Å². The van der Waals surface area contributed by atoms with Gasteiger partial charge in [0.05, 0.1) is 17.5 Å². The number of furan rings is 1. The number of halogens is 1. The maximum absolute atomic E-state index is 14.2. The van der Waals surface area contributed by atoms with Gasteiger partial charge in [-0.3, -0.25) is 14.4 Å². The molecule has 8 heteroatoms. The fraction of sp³-hybridized carbons (Fsp3) is 0.174. The predicted molar refractivity (Wildman–Crippen MR) is 110 cm³/mol. The van der Waals surface area contributed by atoms with Crippen molar-refractivity contribution in [3.8, 4) is 11.1 Å². The zero-order chi connectivity index (χ0) is 21.5. The van der Waals surface area contributed by atoms with Gasteiger partial charge >= 0.3 is 0 Å². The molecule has 1 aromatic heterocycles. The second-order valence-corrected chi connectivity index (χ2v) is 7.59. The van der Waals surface area contributed by atoms with Gasteiger partial charge in [-0.05, 0) is 42.3 Å². The molecule has 5 rings (SSSR count). The van der Waals surface area contributed by atoms with Crippen molar-refractivity contribution in [2.24, 2.45) is 0 Å². The quantitative estimate of drug-likeness (QED) is 0.683. The van der Waals surface area contributed by atoms with E-state index in [1.54, 1.807) is 48.5 Å². The Morgan fingerprint density at radius 2 is 1.94 bits per heavy atom. The van der Waals surface area contributed by atoms with Gasteiger partial charge in [0, 0.05) is 18.2 Å². The first-order valence-corrected chi connectivity index (χ1v) is 9.86. The van der Waals surface area contributed by atoms with Crippen molar-refractivity contribution in [2.75, 3.05) is 11.9 Å². The number of carbonyl (C=O) groups excluding carboxylic acids is 3. The van der Waals surface area contributed by atoms with E-state index in [0.29, 0.717) is 16.8 Å². The Labute approximate surface area is 176 Å². The van der Waals surface area contributed by atoms with Gasteiger partial charge in [-0.1, -0.05) is 24.3 Å². The fourth-order valence-electron chi connectivity index (χ4n) is 4.14. The van der Waals surface area contributed by atoms with Crippen molar-refractivity contribution < 1.29 is 23.2 Å². The molecule has 0 spiro atoms. The molecule has 0 bridgehead atoms. The topological polar surface area (TPSA) is 91.7 Å². The molecular weight excluding hydrogens is 401 g/mol. The third-order valence-corrected chi connectivity index (χ3v) is 5.64. The van der Waals surface area contributed by atoms with Gasteiger partial charge in [-0.25, -0.2) is 4.39 Å². The lowest BCUT2D eigenvalue weighted by Crippen LogP contribution is -2.41. The Bertz CT molecular complexity index is 1190. The zero-order valence-electron chi connectivity index (χ0n) is 16.3. The van der Waals surface area contributed by atoms with Crippen molar-refractivity contribution in [3.05, 3.63) is 78.0 Å². The van der Waals surface area contributed by atoms with Crippen molar-refractivity contribution in [2.45, 2.75) is 18.5 Å². The van der Waals surface area contributed by atoms with Crippen LogP contribution < -0.4 is 10.6 Å². The van der Waals surface area contributed by atoms with Crippen molar-refractivity contribution in [1.82, 2.24) is 10.2 Å². The van der Waals surface area contributed by atoms with Crippen LogP contribution in [0.15, 0.2) is 65.3 Å². The molecule has 0 radical (unpaired) electrons. The van der Waals surface area contributed by atoms with Gasteiger partial charge in [-0.2, -0.15) is 0 Å². The molecule has 2 aliphatic heterocycles. The second-order valence-electron chi connectivity index (χ2n) is 7.59. The van der Waals surface area contributed by atoms with Crippen LogP contribution in [0.3, 0.4) is 0 Å². The smallest absolute Gasteiger partial charge is 0.287 e. The van der Waals surface area contributed by atoms with Crippen LogP contribution in [0.4, 0.5) is 10.1 Å². The summed E-state index contributed by atoms with van der Waals surface area (Å²) in [5, 5.41) is 5.60. The molecule has 1 saturated heterocycles. The second kappa shape index (κ2) is 7.39. The standard InChI is InChI=1S/C23H18FN3O4/c24-17-5-2-1-4-15(17)13-7-8-18-16(10-13)23(30)27-12-14(11-19(27)21(28)26-18)25-22(29)20-6-3-9-31-20/h1-10,14,19H,11-12H2,(H,25,29)(H,26,28)/t14-,19-/m0/s1. The number of nitrogens with one attached hydrogen (secondary N) is 2. The summed E-state index contributed by atoms with van der Waals surface area (Å²) < 4.78 is 19.3. The lowest BCUT2D eigenvalue weighted by molar-refractivity contribution is -0.119. The van der Waals surface area contributed by atoms with E-state index >= 15 is 0 Å². The summed E-state index contributed by atoms with van der Waals surface area (Å²) in [6.07, 6.45) is 1.69. The minimum atomic E-state index is -0.710. The van der Waals surface area contributed by atoms with Gasteiger partial charge in [0.1, 0.15) is 11.9 Å². The van der Waals surface area contributed by atoms with Crippen LogP contribution in [0.25, 0.3) is 11.1 Å². The van der Waals surface area contributed by atoms with Gasteiger partial charge in [0.15, 0.2) is 5.76 Å². The van der Waals surface area contributed by atoms with E-state index in [1.165, 1.54) is 17.2 Å². The van der Waals surface area contributed by atoms with Crippen LogP contribution in [0.5, 0.6) is 0 Å². The minimum absolute atomic E-state index is 0.165. The normalized spacial score (nSPS) is 20.0. The number of hydrogen-bond acceptors (Lipinski definition) is 4. The Kier molecular flexibility index (Phi) is 4.54. The number of rotatable bonds is 3. The summed E-state index contributed by atoms with van der Waals surface area (Å²) in [6, 6.07) is 13.2. The molecule has 0 saturated carbocycles. The Hall–Kier alpha value is -3.94.